The summed E-state index contributed by atoms with van der Waals surface area (Å²) < 4.78 is 28.0. The highest BCUT2D eigenvalue weighted by Gasteiger charge is 2.54. The molecule has 0 saturated carbocycles. The molecule has 0 fully saturated rings. The maximum atomic E-state index is 15.9. The van der Waals surface area contributed by atoms with E-state index < -0.39 is 35.0 Å². The number of fused-ring (bicyclic) bond motifs is 2. The molecule has 2 unspecified atom stereocenters. The first-order valence-corrected chi connectivity index (χ1v) is 24.4. The molecule has 2 aromatic heterocycles. The molecule has 0 bridgehead atoms. The van der Waals surface area contributed by atoms with Crippen LogP contribution in [0.15, 0.2) is 110 Å². The molecule has 0 radical (unpaired) electrons. The van der Waals surface area contributed by atoms with E-state index in [0.29, 0.717) is 72.8 Å². The molecule has 2 aliphatic rings. The lowest BCUT2D eigenvalue weighted by Crippen LogP contribution is -2.54. The molecule has 4 aromatic carbocycles. The Morgan fingerprint density at radius 1 is 0.586 bits per heavy atom. The highest BCUT2D eigenvalue weighted by molar-refractivity contribution is 6.31. The van der Waals surface area contributed by atoms with Crippen molar-refractivity contribution in [1.29, 1.82) is 0 Å². The highest BCUT2D eigenvalue weighted by atomic mass is 16.6. The maximum absolute atomic E-state index is 15.9. The van der Waals surface area contributed by atoms with Crippen molar-refractivity contribution in [3.63, 3.8) is 0 Å². The molecule has 366 valence electrons. The number of aryl methyl sites for hydroxylation is 4. The minimum Gasteiger partial charge on any atom is -0.497 e. The Balaban J connectivity index is 1.23. The molecule has 2 heterocycles. The summed E-state index contributed by atoms with van der Waals surface area (Å²) >= 11 is 0. The number of aromatic nitrogens is 4. The highest BCUT2D eigenvalue weighted by Crippen LogP contribution is 2.46. The van der Waals surface area contributed by atoms with Crippen LogP contribution in [0, 0.1) is 0 Å². The monoisotopic (exact) mass is 948 g/mol. The fourth-order valence-corrected chi connectivity index (χ4v) is 9.78. The largest absolute Gasteiger partial charge is 0.497 e. The molecule has 2 amide bonds. The molecule has 2 atom stereocenters. The van der Waals surface area contributed by atoms with Gasteiger partial charge in [-0.15, -0.1) is 0 Å². The van der Waals surface area contributed by atoms with E-state index in [9.17, 15) is 0 Å². The topological polar surface area (TPSA) is 147 Å². The Hall–Kier alpha value is -7.22. The molecule has 0 spiro atoms. The average Bonchev–Trinajstić information content (AvgIpc) is 4.06. The first kappa shape index (κ1) is 49.2. The predicted octanol–water partition coefficient (Wildman–Crippen LogP) is 9.70. The molecular weight excluding hydrogens is 885 g/mol. The number of carbonyl (C=O) groups is 4. The van der Waals surface area contributed by atoms with Crippen LogP contribution in [0.1, 0.15) is 124 Å². The van der Waals surface area contributed by atoms with Crippen LogP contribution in [0.25, 0.3) is 0 Å². The first-order chi connectivity index (χ1) is 33.7. The van der Waals surface area contributed by atoms with Crippen molar-refractivity contribution in [3.8, 4) is 11.5 Å². The van der Waals surface area contributed by atoms with Crippen LogP contribution in [0.5, 0.6) is 11.5 Å². The number of benzene rings is 4. The number of nitrogens with zero attached hydrogens (tertiary/aromatic N) is 6. The van der Waals surface area contributed by atoms with Gasteiger partial charge in [0.25, 0.3) is 11.8 Å². The number of esters is 2. The Bertz CT molecular complexity index is 2660. The minimum atomic E-state index is -2.02. The van der Waals surface area contributed by atoms with Crippen molar-refractivity contribution in [2.75, 3.05) is 24.0 Å². The summed E-state index contributed by atoms with van der Waals surface area (Å²) in [7, 11) is 3.05. The normalized spacial score (nSPS) is 17.3. The third kappa shape index (κ3) is 9.81. The Morgan fingerprint density at radius 2 is 0.971 bits per heavy atom. The standard InChI is InChI=1S/C56H64N6O8/c1-9-59-33-39(31-57-59)35-61(45-21-15-41(16-22-45)37(3)4)53(65)55(27-11-13-43-19-25-47(67-7)29-49(43)55)69-51(63)52(64)70-56(28-12-14-44-20-26-48(68-8)30-50(44)56)54(66)62(36-40-32-58-60(10-2)34-40)46-23-17-42(18-24-46)38(5)6/h15-26,29-34,37-38H,9-14,27-28,35-36H2,1-8H3. The van der Waals surface area contributed by atoms with Crippen LogP contribution in [0.3, 0.4) is 0 Å². The third-order valence-electron chi connectivity index (χ3n) is 13.8. The Morgan fingerprint density at radius 3 is 1.30 bits per heavy atom. The number of amides is 2. The summed E-state index contributed by atoms with van der Waals surface area (Å²) in [6.45, 7) is 13.8. The first-order valence-electron chi connectivity index (χ1n) is 24.4. The summed E-state index contributed by atoms with van der Waals surface area (Å²) in [6.07, 6.45) is 9.37. The lowest BCUT2D eigenvalue weighted by atomic mass is 9.77. The van der Waals surface area contributed by atoms with Gasteiger partial charge in [0.2, 0.25) is 11.2 Å². The number of hydrogen-bond acceptors (Lipinski definition) is 10. The second kappa shape index (κ2) is 20.8. The van der Waals surface area contributed by atoms with Crippen LogP contribution in [-0.2, 0) is 78.9 Å². The summed E-state index contributed by atoms with van der Waals surface area (Å²) in [5.74, 6) is -2.61. The fraction of sp³-hybridized carbons (Fsp3) is 0.393. The lowest BCUT2D eigenvalue weighted by Gasteiger charge is -2.42. The van der Waals surface area contributed by atoms with E-state index in [1.54, 1.807) is 55.8 Å². The van der Waals surface area contributed by atoms with Crippen LogP contribution < -0.4 is 19.3 Å². The summed E-state index contributed by atoms with van der Waals surface area (Å²) in [5.41, 5.74) is 3.09. The molecule has 2 aliphatic carbocycles. The van der Waals surface area contributed by atoms with Gasteiger partial charge in [0.15, 0.2) is 0 Å². The van der Waals surface area contributed by atoms with Crippen molar-refractivity contribution in [2.45, 2.75) is 129 Å². The quantitative estimate of drug-likeness (QED) is 0.0679. The van der Waals surface area contributed by atoms with Gasteiger partial charge in [-0.25, -0.2) is 9.59 Å². The van der Waals surface area contributed by atoms with Crippen molar-refractivity contribution in [2.24, 2.45) is 0 Å². The van der Waals surface area contributed by atoms with Gasteiger partial charge in [-0.2, -0.15) is 10.2 Å². The summed E-state index contributed by atoms with van der Waals surface area (Å²) in [4.78, 5) is 65.0. The van der Waals surface area contributed by atoms with Gasteiger partial charge in [0.1, 0.15) is 11.5 Å². The second-order valence-corrected chi connectivity index (χ2v) is 18.9. The van der Waals surface area contributed by atoms with Crippen molar-refractivity contribution in [1.82, 2.24) is 19.6 Å². The van der Waals surface area contributed by atoms with E-state index in [2.05, 4.69) is 37.9 Å². The van der Waals surface area contributed by atoms with E-state index in [-0.39, 0.29) is 37.8 Å². The minimum absolute atomic E-state index is 0.0511. The number of anilines is 2. The Labute approximate surface area is 410 Å². The molecule has 0 aliphatic heterocycles. The predicted molar refractivity (Wildman–Crippen MR) is 267 cm³/mol. The van der Waals surface area contributed by atoms with Gasteiger partial charge in [0, 0.05) is 72.0 Å². The van der Waals surface area contributed by atoms with Crippen LogP contribution in [0.2, 0.25) is 0 Å². The van der Waals surface area contributed by atoms with Gasteiger partial charge in [-0.1, -0.05) is 64.1 Å². The number of hydrogen-bond donors (Lipinski definition) is 0. The molecule has 8 rings (SSSR count). The maximum Gasteiger partial charge on any atom is 0.418 e. The zero-order valence-electron chi connectivity index (χ0n) is 41.6. The molecule has 0 saturated heterocycles. The van der Waals surface area contributed by atoms with Gasteiger partial charge in [-0.05, 0) is 122 Å². The van der Waals surface area contributed by atoms with E-state index >= 15 is 19.2 Å². The average molecular weight is 949 g/mol. The Kier molecular flexibility index (Phi) is 14.6. The van der Waals surface area contributed by atoms with Crippen molar-refractivity contribution < 1.29 is 38.1 Å². The molecule has 6 aromatic rings. The van der Waals surface area contributed by atoms with Crippen LogP contribution >= 0.6 is 0 Å². The molecule has 14 heteroatoms. The number of ether oxygens (including phenoxy) is 4. The number of methoxy groups -OCH3 is 2. The van der Waals surface area contributed by atoms with Crippen LogP contribution in [0.4, 0.5) is 11.4 Å². The zero-order chi connectivity index (χ0) is 49.7. The summed E-state index contributed by atoms with van der Waals surface area (Å²) in [6, 6.07) is 26.2. The summed E-state index contributed by atoms with van der Waals surface area (Å²) in [5, 5.41) is 8.97. The lowest BCUT2D eigenvalue weighted by molar-refractivity contribution is -0.192. The van der Waals surface area contributed by atoms with Crippen molar-refractivity contribution >= 4 is 35.1 Å². The molecular formula is C56H64N6O8. The van der Waals surface area contributed by atoms with Gasteiger partial charge >= 0.3 is 11.9 Å². The SMILES string of the molecule is CCn1cc(CN(C(=O)C2(OC(=O)C(=O)OC3(C(=O)N(Cc4cnn(CC)c4)c4ccc(C(C)C)cc4)CCCc4ccc(OC)cc43)CCCc3ccc(OC)cc32)c2ccc(C(C)C)cc2)cn1. The van der Waals surface area contributed by atoms with Gasteiger partial charge in [-0.3, -0.25) is 19.0 Å². The zero-order valence-corrected chi connectivity index (χ0v) is 41.6. The van der Waals surface area contributed by atoms with Crippen LogP contribution in [-0.4, -0.2) is 57.5 Å². The van der Waals surface area contributed by atoms with Gasteiger partial charge < -0.3 is 28.7 Å². The smallest absolute Gasteiger partial charge is 0.418 e. The van der Waals surface area contributed by atoms with E-state index in [0.717, 1.165) is 33.4 Å². The fourth-order valence-electron chi connectivity index (χ4n) is 9.78. The molecule has 0 N–H and O–H groups in total. The van der Waals surface area contributed by atoms with E-state index in [1.807, 2.05) is 86.9 Å². The number of rotatable bonds is 16. The van der Waals surface area contributed by atoms with E-state index in [4.69, 9.17) is 18.9 Å². The second-order valence-electron chi connectivity index (χ2n) is 18.9. The van der Waals surface area contributed by atoms with E-state index in [1.165, 1.54) is 14.2 Å². The third-order valence-corrected chi connectivity index (χ3v) is 13.8. The van der Waals surface area contributed by atoms with Crippen molar-refractivity contribution in [3.05, 3.63) is 154 Å². The molecule has 70 heavy (non-hydrogen) atoms. The molecule has 14 nitrogen and oxygen atoms in total. The number of carbonyl (C=O) groups excluding carboxylic acids is 4. The van der Waals surface area contributed by atoms with Gasteiger partial charge in [0.05, 0.1) is 39.7 Å².